The van der Waals surface area contributed by atoms with Gasteiger partial charge in [-0.15, -0.1) is 0 Å². The molecule has 0 aliphatic carbocycles. The Morgan fingerprint density at radius 3 is 2.47 bits per heavy atom. The van der Waals surface area contributed by atoms with E-state index in [1.54, 1.807) is 10.9 Å². The Balaban J connectivity index is 2.13. The monoisotopic (exact) mass is 556 g/mol. The first-order valence-corrected chi connectivity index (χ1v) is 11.8. The predicted octanol–water partition coefficient (Wildman–Crippen LogP) is 1.43. The van der Waals surface area contributed by atoms with E-state index in [1.165, 1.54) is 0 Å². The Hall–Kier alpha value is -2.25. The molecular weight excluding hydrogens is 527 g/mol. The number of aromatic nitrogens is 3. The maximum Gasteiger partial charge on any atom is 0.267 e. The van der Waals surface area contributed by atoms with Crippen molar-refractivity contribution in [3.63, 3.8) is 0 Å². The van der Waals surface area contributed by atoms with Crippen molar-refractivity contribution in [2.75, 3.05) is 39.5 Å². The summed E-state index contributed by atoms with van der Waals surface area (Å²) in [4.78, 5) is 31.6. The molecule has 2 aromatic heterocycles. The summed E-state index contributed by atoms with van der Waals surface area (Å²) >= 11 is 2.08. The third kappa shape index (κ3) is 5.21. The van der Waals surface area contributed by atoms with Gasteiger partial charge in [0.2, 0.25) is 5.88 Å². The van der Waals surface area contributed by atoms with Crippen LogP contribution in [0.3, 0.4) is 0 Å². The topological polar surface area (TPSA) is 139 Å². The first-order chi connectivity index (χ1) is 15.4. The van der Waals surface area contributed by atoms with E-state index < -0.39 is 11.8 Å². The van der Waals surface area contributed by atoms with Crippen LogP contribution in [0.1, 0.15) is 46.8 Å². The van der Waals surface area contributed by atoms with E-state index in [4.69, 9.17) is 20.9 Å². The maximum atomic E-state index is 12.6. The summed E-state index contributed by atoms with van der Waals surface area (Å²) < 4.78 is 13.4. The van der Waals surface area contributed by atoms with Crippen LogP contribution in [0.4, 0.5) is 0 Å². The van der Waals surface area contributed by atoms with Crippen LogP contribution in [0.5, 0.6) is 5.88 Å². The van der Waals surface area contributed by atoms with Crippen LogP contribution in [0.2, 0.25) is 0 Å². The van der Waals surface area contributed by atoms with E-state index >= 15 is 0 Å². The largest absolute Gasteiger partial charge is 0.477 e. The number of carbonyl (C=O) groups is 2. The van der Waals surface area contributed by atoms with Crippen molar-refractivity contribution in [3.05, 3.63) is 26.7 Å². The molecule has 0 spiro atoms. The van der Waals surface area contributed by atoms with Crippen molar-refractivity contribution >= 4 is 34.4 Å². The lowest BCUT2D eigenvalue weighted by molar-refractivity contribution is 0.0358. The standard InChI is InChI=1S/C21H29IN6O4/c1-3-9-32-21-17(19(23)29)15(13(22)12-25-21)16-14(4-2)26-28(18(16)20(24)30)6-5-27-7-10-31-11-8-27/h12H,3-11H2,1-2H3,(H2,23,29)(H2,24,30). The van der Waals surface area contributed by atoms with Gasteiger partial charge in [0.15, 0.2) is 0 Å². The molecule has 1 aliphatic heterocycles. The van der Waals surface area contributed by atoms with Crippen LogP contribution in [0.25, 0.3) is 11.1 Å². The zero-order chi connectivity index (χ0) is 23.3. The quantitative estimate of drug-likeness (QED) is 0.423. The van der Waals surface area contributed by atoms with Gasteiger partial charge < -0.3 is 20.9 Å². The molecule has 3 heterocycles. The van der Waals surface area contributed by atoms with Crippen LogP contribution >= 0.6 is 22.6 Å². The van der Waals surface area contributed by atoms with E-state index in [9.17, 15) is 9.59 Å². The van der Waals surface area contributed by atoms with Crippen molar-refractivity contribution in [1.29, 1.82) is 0 Å². The summed E-state index contributed by atoms with van der Waals surface area (Å²) in [6.45, 7) is 8.49. The Bertz CT molecular complexity index is 987. The maximum absolute atomic E-state index is 12.6. The van der Waals surface area contributed by atoms with E-state index in [0.29, 0.717) is 59.7 Å². The number of aryl methyl sites for hydroxylation is 1. The smallest absolute Gasteiger partial charge is 0.267 e. The van der Waals surface area contributed by atoms with Crippen molar-refractivity contribution < 1.29 is 19.1 Å². The molecule has 11 heteroatoms. The molecule has 0 saturated carbocycles. The summed E-state index contributed by atoms with van der Waals surface area (Å²) in [6, 6.07) is 0. The van der Waals surface area contributed by atoms with Gasteiger partial charge in [-0.3, -0.25) is 19.2 Å². The van der Waals surface area contributed by atoms with E-state index in [1.807, 2.05) is 13.8 Å². The van der Waals surface area contributed by atoms with Crippen LogP contribution in [-0.4, -0.2) is 70.9 Å². The SMILES string of the molecule is CCCOc1ncc(I)c(-c2c(CC)nn(CCN3CCOCC3)c2C(N)=O)c1C(N)=O. The van der Waals surface area contributed by atoms with Gasteiger partial charge in [0.05, 0.1) is 32.1 Å². The van der Waals surface area contributed by atoms with Gasteiger partial charge >= 0.3 is 0 Å². The van der Waals surface area contributed by atoms with Gasteiger partial charge in [0.1, 0.15) is 11.3 Å². The van der Waals surface area contributed by atoms with Crippen molar-refractivity contribution in [3.8, 4) is 17.0 Å². The average molecular weight is 556 g/mol. The molecule has 0 unspecified atom stereocenters. The molecule has 1 aliphatic rings. The summed E-state index contributed by atoms with van der Waals surface area (Å²) in [7, 11) is 0. The van der Waals surface area contributed by atoms with E-state index in [0.717, 1.165) is 19.5 Å². The Kier molecular flexibility index (Phi) is 8.43. The zero-order valence-corrected chi connectivity index (χ0v) is 20.6. The number of nitrogens with zero attached hydrogens (tertiary/aromatic N) is 4. The van der Waals surface area contributed by atoms with Gasteiger partial charge in [0, 0.05) is 40.5 Å². The molecule has 0 bridgehead atoms. The van der Waals surface area contributed by atoms with Crippen LogP contribution in [0, 0.1) is 3.57 Å². The lowest BCUT2D eigenvalue weighted by Crippen LogP contribution is -2.38. The average Bonchev–Trinajstić information content (AvgIpc) is 3.15. The predicted molar refractivity (Wildman–Crippen MR) is 128 cm³/mol. The molecule has 3 rings (SSSR count). The van der Waals surface area contributed by atoms with Gasteiger partial charge in [-0.25, -0.2) is 4.98 Å². The van der Waals surface area contributed by atoms with E-state index in [-0.39, 0.29) is 17.1 Å². The highest BCUT2D eigenvalue weighted by Gasteiger charge is 2.30. The first-order valence-electron chi connectivity index (χ1n) is 10.7. The Morgan fingerprint density at radius 1 is 1.16 bits per heavy atom. The number of amides is 2. The highest BCUT2D eigenvalue weighted by molar-refractivity contribution is 14.1. The molecule has 1 fully saturated rings. The number of carbonyl (C=O) groups excluding carboxylic acids is 2. The third-order valence-electron chi connectivity index (χ3n) is 5.26. The molecule has 0 aromatic carbocycles. The van der Waals surface area contributed by atoms with E-state index in [2.05, 4.69) is 37.6 Å². The number of nitrogens with two attached hydrogens (primary N) is 2. The second kappa shape index (κ2) is 11.1. The minimum atomic E-state index is -0.685. The number of rotatable bonds is 10. The molecule has 0 atom stereocenters. The first kappa shape index (κ1) is 24.4. The van der Waals surface area contributed by atoms with Gasteiger partial charge in [-0.1, -0.05) is 13.8 Å². The fraction of sp³-hybridized carbons (Fsp3) is 0.524. The molecular formula is C21H29IN6O4. The molecule has 2 aromatic rings. The minimum absolute atomic E-state index is 0.135. The fourth-order valence-electron chi connectivity index (χ4n) is 3.75. The number of primary amides is 2. The molecule has 174 valence electrons. The normalized spacial score (nSPS) is 14.5. The second-order valence-corrected chi connectivity index (χ2v) is 8.60. The summed E-state index contributed by atoms with van der Waals surface area (Å²) in [5.41, 5.74) is 13.6. The lowest BCUT2D eigenvalue weighted by Gasteiger charge is -2.26. The minimum Gasteiger partial charge on any atom is -0.477 e. The summed E-state index contributed by atoms with van der Waals surface area (Å²) in [5.74, 6) is -1.16. The Morgan fingerprint density at radius 2 is 1.88 bits per heavy atom. The van der Waals surface area contributed by atoms with Crippen LogP contribution in [-0.2, 0) is 17.7 Å². The number of hydrogen-bond donors (Lipinski definition) is 2. The highest BCUT2D eigenvalue weighted by Crippen LogP contribution is 2.37. The molecule has 32 heavy (non-hydrogen) atoms. The summed E-state index contributed by atoms with van der Waals surface area (Å²) in [6.07, 6.45) is 2.89. The van der Waals surface area contributed by atoms with Crippen molar-refractivity contribution in [1.82, 2.24) is 19.7 Å². The second-order valence-electron chi connectivity index (χ2n) is 7.44. The molecule has 0 radical (unpaired) electrons. The van der Waals surface area contributed by atoms with Gasteiger partial charge in [-0.05, 0) is 35.4 Å². The molecule has 2 amide bonds. The zero-order valence-electron chi connectivity index (χ0n) is 18.4. The molecule has 1 saturated heterocycles. The Labute approximate surface area is 200 Å². The van der Waals surface area contributed by atoms with Crippen LogP contribution in [0.15, 0.2) is 6.20 Å². The summed E-state index contributed by atoms with van der Waals surface area (Å²) in [5, 5.41) is 4.69. The molecule has 4 N–H and O–H groups in total. The number of morpholine rings is 1. The highest BCUT2D eigenvalue weighted by atomic mass is 127. The number of hydrogen-bond acceptors (Lipinski definition) is 7. The number of pyridine rings is 1. The number of halogens is 1. The molecule has 10 nitrogen and oxygen atoms in total. The van der Waals surface area contributed by atoms with Gasteiger partial charge in [0.25, 0.3) is 11.8 Å². The number of ether oxygens (including phenoxy) is 2. The van der Waals surface area contributed by atoms with Crippen LogP contribution < -0.4 is 16.2 Å². The lowest BCUT2D eigenvalue weighted by atomic mass is 9.97. The van der Waals surface area contributed by atoms with Crippen molar-refractivity contribution in [2.24, 2.45) is 11.5 Å². The fourth-order valence-corrected chi connectivity index (χ4v) is 4.43. The van der Waals surface area contributed by atoms with Gasteiger partial charge in [-0.2, -0.15) is 5.10 Å². The van der Waals surface area contributed by atoms with Crippen molar-refractivity contribution in [2.45, 2.75) is 33.2 Å². The third-order valence-corrected chi connectivity index (χ3v) is 6.08.